The fourth-order valence-corrected chi connectivity index (χ4v) is 2.70. The van der Waals surface area contributed by atoms with Crippen LogP contribution in [0.15, 0.2) is 30.5 Å². The van der Waals surface area contributed by atoms with E-state index in [-0.39, 0.29) is 5.78 Å². The molecule has 0 amide bonds. The topological polar surface area (TPSA) is 58.6 Å². The first-order valence-corrected chi connectivity index (χ1v) is 6.50. The Bertz CT molecular complexity index is 714. The number of para-hydroxylation sites is 1. The summed E-state index contributed by atoms with van der Waals surface area (Å²) in [7, 11) is 0. The third-order valence-corrected chi connectivity index (χ3v) is 3.70. The molecule has 1 N–H and O–H groups in total. The zero-order valence-electron chi connectivity index (χ0n) is 9.80. The van der Waals surface area contributed by atoms with E-state index in [1.165, 1.54) is 0 Å². The first kappa shape index (κ1) is 11.1. The lowest BCUT2D eigenvalue weighted by atomic mass is 10.1. The molecule has 4 nitrogen and oxygen atoms in total. The summed E-state index contributed by atoms with van der Waals surface area (Å²) in [5.74, 6) is -0.000648. The van der Waals surface area contributed by atoms with E-state index >= 15 is 0 Å². The van der Waals surface area contributed by atoms with E-state index in [1.807, 2.05) is 31.2 Å². The normalized spacial score (nSPS) is 10.9. The van der Waals surface area contributed by atoms with Gasteiger partial charge in [0, 0.05) is 22.7 Å². The predicted molar refractivity (Wildman–Crippen MR) is 71.0 cm³/mol. The number of nitrogens with zero attached hydrogens (tertiary/aromatic N) is 2. The molecule has 0 unspecified atom stereocenters. The summed E-state index contributed by atoms with van der Waals surface area (Å²) in [5.41, 5.74) is 2.43. The number of benzene rings is 1. The number of carbonyl (C=O) groups excluding carboxylic acids is 1. The highest BCUT2D eigenvalue weighted by Crippen LogP contribution is 2.23. The molecule has 5 heteroatoms. The van der Waals surface area contributed by atoms with Crippen LogP contribution in [-0.2, 0) is 6.42 Å². The number of fused-ring (bicyclic) bond motifs is 1. The third-order valence-electron chi connectivity index (χ3n) is 2.93. The Balaban J connectivity index is 2.13. The monoisotopic (exact) mass is 257 g/mol. The van der Waals surface area contributed by atoms with Gasteiger partial charge in [0.05, 0.1) is 5.69 Å². The standard InChI is InChI=1S/C13H11N3OS/c1-2-10-13(18-16-15-10)12(17)9-7-14-11-6-4-3-5-8(9)11/h3-7,14H,2H2,1H3. The highest BCUT2D eigenvalue weighted by Gasteiger charge is 2.19. The van der Waals surface area contributed by atoms with Gasteiger partial charge in [-0.05, 0) is 24.0 Å². The Morgan fingerprint density at radius 3 is 3.06 bits per heavy atom. The van der Waals surface area contributed by atoms with Crippen LogP contribution in [0.3, 0.4) is 0 Å². The second kappa shape index (κ2) is 4.34. The van der Waals surface area contributed by atoms with Crippen molar-refractivity contribution in [2.24, 2.45) is 0 Å². The number of nitrogens with one attached hydrogen (secondary N) is 1. The van der Waals surface area contributed by atoms with Gasteiger partial charge >= 0.3 is 0 Å². The van der Waals surface area contributed by atoms with Crippen LogP contribution in [0.25, 0.3) is 10.9 Å². The minimum Gasteiger partial charge on any atom is -0.360 e. The number of aromatic amines is 1. The molecule has 0 spiro atoms. The zero-order valence-corrected chi connectivity index (χ0v) is 10.6. The van der Waals surface area contributed by atoms with Gasteiger partial charge in [0.2, 0.25) is 5.78 Å². The van der Waals surface area contributed by atoms with Crippen LogP contribution >= 0.6 is 11.5 Å². The number of carbonyl (C=O) groups is 1. The van der Waals surface area contributed by atoms with E-state index in [9.17, 15) is 4.79 Å². The maximum absolute atomic E-state index is 12.5. The SMILES string of the molecule is CCc1nnsc1C(=O)c1c[nH]c2ccccc12. The van der Waals surface area contributed by atoms with Gasteiger partial charge in [0.1, 0.15) is 4.88 Å². The van der Waals surface area contributed by atoms with Gasteiger partial charge in [0.25, 0.3) is 0 Å². The van der Waals surface area contributed by atoms with E-state index in [1.54, 1.807) is 6.20 Å². The van der Waals surface area contributed by atoms with Crippen LogP contribution in [0.4, 0.5) is 0 Å². The Kier molecular flexibility index (Phi) is 2.68. The average Bonchev–Trinajstić information content (AvgIpc) is 3.04. The summed E-state index contributed by atoms with van der Waals surface area (Å²) in [6.07, 6.45) is 2.48. The molecule has 0 aliphatic carbocycles. The smallest absolute Gasteiger partial charge is 0.208 e. The van der Waals surface area contributed by atoms with Gasteiger partial charge in [0.15, 0.2) is 0 Å². The quantitative estimate of drug-likeness (QED) is 0.734. The van der Waals surface area contributed by atoms with Crippen molar-refractivity contribution in [3.63, 3.8) is 0 Å². The van der Waals surface area contributed by atoms with E-state index in [2.05, 4.69) is 14.6 Å². The molecule has 0 aliphatic heterocycles. The van der Waals surface area contributed by atoms with Crippen LogP contribution in [0.5, 0.6) is 0 Å². The summed E-state index contributed by atoms with van der Waals surface area (Å²) in [6.45, 7) is 1.97. The molecule has 90 valence electrons. The van der Waals surface area contributed by atoms with Gasteiger partial charge in [-0.1, -0.05) is 29.6 Å². The van der Waals surface area contributed by atoms with Crippen molar-refractivity contribution in [3.8, 4) is 0 Å². The lowest BCUT2D eigenvalue weighted by Gasteiger charge is -1.97. The van der Waals surface area contributed by atoms with Crippen LogP contribution in [0.1, 0.15) is 27.9 Å². The number of hydrogen-bond acceptors (Lipinski definition) is 4. The van der Waals surface area contributed by atoms with Crippen molar-refractivity contribution >= 4 is 28.2 Å². The number of rotatable bonds is 3. The number of H-pyrrole nitrogens is 1. The van der Waals surface area contributed by atoms with Crippen LogP contribution < -0.4 is 0 Å². The summed E-state index contributed by atoms with van der Waals surface area (Å²) < 4.78 is 3.86. The molecule has 18 heavy (non-hydrogen) atoms. The van der Waals surface area contributed by atoms with Crippen LogP contribution in [0, 0.1) is 0 Å². The van der Waals surface area contributed by atoms with Gasteiger partial charge < -0.3 is 4.98 Å². The van der Waals surface area contributed by atoms with Gasteiger partial charge in [-0.15, -0.1) is 5.10 Å². The van der Waals surface area contributed by atoms with Gasteiger partial charge in [-0.2, -0.15) is 0 Å². The van der Waals surface area contributed by atoms with Crippen molar-refractivity contribution in [3.05, 3.63) is 46.6 Å². The molecule has 3 aromatic rings. The highest BCUT2D eigenvalue weighted by atomic mass is 32.1. The number of aryl methyl sites for hydroxylation is 1. The number of aromatic nitrogens is 3. The molecule has 1 aromatic carbocycles. The fourth-order valence-electron chi connectivity index (χ4n) is 1.99. The minimum atomic E-state index is -0.000648. The number of hydrogen-bond donors (Lipinski definition) is 1. The summed E-state index contributed by atoms with van der Waals surface area (Å²) >= 11 is 1.16. The molecule has 0 atom stereocenters. The first-order valence-electron chi connectivity index (χ1n) is 5.73. The molecule has 0 bridgehead atoms. The maximum Gasteiger partial charge on any atom is 0.208 e. The lowest BCUT2D eigenvalue weighted by Crippen LogP contribution is -2.01. The van der Waals surface area contributed by atoms with E-state index in [4.69, 9.17) is 0 Å². The maximum atomic E-state index is 12.5. The third kappa shape index (κ3) is 1.64. The van der Waals surface area contributed by atoms with Crippen molar-refractivity contribution in [1.82, 2.24) is 14.6 Å². The molecule has 2 heterocycles. The molecule has 0 radical (unpaired) electrons. The van der Waals surface area contributed by atoms with E-state index < -0.39 is 0 Å². The second-order valence-electron chi connectivity index (χ2n) is 3.98. The van der Waals surface area contributed by atoms with Crippen molar-refractivity contribution in [1.29, 1.82) is 0 Å². The average molecular weight is 257 g/mol. The summed E-state index contributed by atoms with van der Waals surface area (Å²) in [4.78, 5) is 16.2. The van der Waals surface area contributed by atoms with E-state index in [0.717, 1.165) is 34.6 Å². The molecule has 0 aliphatic rings. The van der Waals surface area contributed by atoms with Crippen molar-refractivity contribution in [2.75, 3.05) is 0 Å². The second-order valence-corrected chi connectivity index (χ2v) is 4.73. The first-order chi connectivity index (χ1) is 8.81. The predicted octanol–water partition coefficient (Wildman–Crippen LogP) is 2.81. The Hall–Kier alpha value is -2.01. The fraction of sp³-hybridized carbons (Fsp3) is 0.154. The molecular formula is C13H11N3OS. The van der Waals surface area contributed by atoms with Crippen LogP contribution in [-0.4, -0.2) is 20.4 Å². The largest absolute Gasteiger partial charge is 0.360 e. The molecule has 0 saturated heterocycles. The van der Waals surface area contributed by atoms with Crippen LogP contribution in [0.2, 0.25) is 0 Å². The van der Waals surface area contributed by atoms with E-state index in [0.29, 0.717) is 10.4 Å². The summed E-state index contributed by atoms with van der Waals surface area (Å²) in [5, 5.41) is 4.93. The molecule has 0 saturated carbocycles. The van der Waals surface area contributed by atoms with Gasteiger partial charge in [-0.3, -0.25) is 4.79 Å². The lowest BCUT2D eigenvalue weighted by molar-refractivity contribution is 0.104. The van der Waals surface area contributed by atoms with Gasteiger partial charge in [-0.25, -0.2) is 0 Å². The van der Waals surface area contributed by atoms with Crippen molar-refractivity contribution in [2.45, 2.75) is 13.3 Å². The molecule has 0 fully saturated rings. The Labute approximate surface area is 108 Å². The van der Waals surface area contributed by atoms with Crippen molar-refractivity contribution < 1.29 is 4.79 Å². The molecular weight excluding hydrogens is 246 g/mol. The number of ketones is 1. The molecule has 2 aromatic heterocycles. The Morgan fingerprint density at radius 2 is 2.22 bits per heavy atom. The minimum absolute atomic E-state index is 0.000648. The summed E-state index contributed by atoms with van der Waals surface area (Å²) in [6, 6.07) is 7.77. The highest BCUT2D eigenvalue weighted by molar-refractivity contribution is 7.08. The Morgan fingerprint density at radius 1 is 1.39 bits per heavy atom. The molecule has 3 rings (SSSR count). The zero-order chi connectivity index (χ0) is 12.5.